The summed E-state index contributed by atoms with van der Waals surface area (Å²) < 4.78 is 31.7. The molecule has 0 atom stereocenters. The molecule has 6 N–H and O–H groups in total. The number of nitrogens with zero attached hydrogens (tertiary/aromatic N) is 2. The molecule has 1 aliphatic rings. The van der Waals surface area contributed by atoms with Crippen molar-refractivity contribution in [2.45, 2.75) is 32.0 Å². The number of amides is 2. The molecule has 0 fully saturated rings. The highest BCUT2D eigenvalue weighted by Crippen LogP contribution is 2.33. The van der Waals surface area contributed by atoms with E-state index in [0.717, 1.165) is 23.3 Å². The van der Waals surface area contributed by atoms with Crippen LogP contribution in [0, 0.1) is 11.3 Å². The number of hydrogen-bond donors (Lipinski definition) is 4. The molecule has 0 saturated carbocycles. The van der Waals surface area contributed by atoms with Crippen LogP contribution in [0.1, 0.15) is 59.2 Å². The van der Waals surface area contributed by atoms with Crippen molar-refractivity contribution >= 4 is 46.6 Å². The number of carbonyl (C=O) groups is 5. The standard InChI is InChI=1S/C16H16N2O3.C10H8N2O2S.C2HF3O2/c17-10-12-5-4-6-13(9-12)16(21)18(11-15(19)20)14-7-2-1-3-8-14;11-4-6-5-2-1-3-7(13)8(5)15-9(6)10(12)14;3-2(4,5)1(6)7/h1-9H,10-11,17H2,(H,19,20);1-3H2,(H2,12,14);(H,6,7). The van der Waals surface area contributed by atoms with Crippen molar-refractivity contribution in [2.24, 2.45) is 11.5 Å². The Hall–Kier alpha value is -5.07. The van der Waals surface area contributed by atoms with Gasteiger partial charge in [0.15, 0.2) is 5.78 Å². The first-order valence-corrected chi connectivity index (χ1v) is 13.1. The lowest BCUT2D eigenvalue weighted by molar-refractivity contribution is -0.192. The molecule has 0 radical (unpaired) electrons. The normalized spacial score (nSPS) is 11.8. The van der Waals surface area contributed by atoms with Crippen LogP contribution in [0.3, 0.4) is 0 Å². The zero-order valence-electron chi connectivity index (χ0n) is 22.3. The number of fused-ring (bicyclic) bond motifs is 1. The Labute approximate surface area is 246 Å². The molecular formula is C28H25F3N4O7S. The molecule has 0 saturated heterocycles. The number of para-hydroxylation sites is 1. The lowest BCUT2D eigenvalue weighted by atomic mass is 9.94. The number of carboxylic acid groups (broad SMARTS) is 2. The summed E-state index contributed by atoms with van der Waals surface area (Å²) in [5.41, 5.74) is 13.5. The van der Waals surface area contributed by atoms with Gasteiger partial charge < -0.3 is 21.7 Å². The maximum absolute atomic E-state index is 12.6. The second kappa shape index (κ2) is 15.2. The van der Waals surface area contributed by atoms with Gasteiger partial charge in [-0.25, -0.2) is 4.79 Å². The van der Waals surface area contributed by atoms with Crippen molar-refractivity contribution in [3.8, 4) is 6.07 Å². The molecule has 4 rings (SSSR count). The molecule has 0 unspecified atom stereocenters. The van der Waals surface area contributed by atoms with Crippen LogP contribution < -0.4 is 16.4 Å². The smallest absolute Gasteiger partial charge is 0.480 e. The Balaban J connectivity index is 0.000000255. The van der Waals surface area contributed by atoms with Gasteiger partial charge in [-0.1, -0.05) is 30.3 Å². The Bertz CT molecular complexity index is 1550. The largest absolute Gasteiger partial charge is 0.490 e. The van der Waals surface area contributed by atoms with Crippen LogP contribution >= 0.6 is 11.3 Å². The summed E-state index contributed by atoms with van der Waals surface area (Å²) >= 11 is 1.06. The zero-order valence-corrected chi connectivity index (χ0v) is 23.1. The topological polar surface area (TPSA) is 205 Å². The third-order valence-electron chi connectivity index (χ3n) is 5.69. The minimum absolute atomic E-state index is 0.0188. The third kappa shape index (κ3) is 9.48. The highest BCUT2D eigenvalue weighted by molar-refractivity contribution is 7.16. The molecule has 0 spiro atoms. The zero-order chi connectivity index (χ0) is 32.3. The van der Waals surface area contributed by atoms with Crippen LogP contribution in [0.4, 0.5) is 18.9 Å². The van der Waals surface area contributed by atoms with E-state index in [-0.39, 0.29) is 16.6 Å². The molecule has 43 heavy (non-hydrogen) atoms. The fourth-order valence-corrected chi connectivity index (χ4v) is 4.89. The lowest BCUT2D eigenvalue weighted by Gasteiger charge is -2.21. The van der Waals surface area contributed by atoms with Gasteiger partial charge in [0.25, 0.3) is 11.8 Å². The minimum Gasteiger partial charge on any atom is -0.480 e. The minimum atomic E-state index is -5.08. The van der Waals surface area contributed by atoms with Gasteiger partial charge in [0.2, 0.25) is 0 Å². The number of benzene rings is 2. The molecule has 0 aliphatic heterocycles. The number of carbonyl (C=O) groups excluding carboxylic acids is 3. The monoisotopic (exact) mass is 618 g/mol. The number of primary amides is 1. The summed E-state index contributed by atoms with van der Waals surface area (Å²) in [6, 6.07) is 17.6. The summed E-state index contributed by atoms with van der Waals surface area (Å²) in [5, 5.41) is 25.1. The number of hydrogen-bond acceptors (Lipinski definition) is 8. The Morgan fingerprint density at radius 2 is 1.65 bits per heavy atom. The number of rotatable bonds is 6. The van der Waals surface area contributed by atoms with Gasteiger partial charge in [0.1, 0.15) is 17.5 Å². The van der Waals surface area contributed by atoms with Gasteiger partial charge in [-0.3, -0.25) is 24.1 Å². The molecule has 1 aliphatic carbocycles. The number of Topliss-reactive ketones (excluding diaryl/α,β-unsaturated/α-hetero) is 1. The van der Waals surface area contributed by atoms with E-state index >= 15 is 0 Å². The van der Waals surface area contributed by atoms with E-state index in [4.69, 9.17) is 31.7 Å². The number of ketones is 1. The van der Waals surface area contributed by atoms with Crippen molar-refractivity contribution in [3.05, 3.63) is 86.6 Å². The van der Waals surface area contributed by atoms with Crippen LogP contribution in [-0.4, -0.2) is 52.5 Å². The fraction of sp³-hybridized carbons (Fsp3) is 0.214. The predicted molar refractivity (Wildman–Crippen MR) is 149 cm³/mol. The van der Waals surface area contributed by atoms with E-state index in [9.17, 15) is 32.3 Å². The highest BCUT2D eigenvalue weighted by Gasteiger charge is 2.38. The van der Waals surface area contributed by atoms with Gasteiger partial charge in [0.05, 0.1) is 10.4 Å². The first-order valence-electron chi connectivity index (χ1n) is 12.3. The number of aliphatic carboxylic acids is 2. The molecule has 2 amide bonds. The molecule has 3 aromatic rings. The quantitative estimate of drug-likeness (QED) is 0.317. The van der Waals surface area contributed by atoms with Crippen LogP contribution in [0.2, 0.25) is 0 Å². The average molecular weight is 619 g/mol. The predicted octanol–water partition coefficient (Wildman–Crippen LogP) is 3.75. The molecule has 2 aromatic carbocycles. The second-order valence-electron chi connectivity index (χ2n) is 8.69. The number of nitrogens with two attached hydrogens (primary N) is 2. The van der Waals surface area contributed by atoms with E-state index in [1.807, 2.05) is 18.2 Å². The first kappa shape index (κ1) is 34.1. The maximum Gasteiger partial charge on any atom is 0.490 e. The van der Waals surface area contributed by atoms with Crippen molar-refractivity contribution in [2.75, 3.05) is 11.4 Å². The number of carboxylic acids is 2. The maximum atomic E-state index is 12.6. The lowest BCUT2D eigenvalue weighted by Crippen LogP contribution is -2.35. The fourth-order valence-electron chi connectivity index (χ4n) is 3.77. The number of alkyl halides is 3. The summed E-state index contributed by atoms with van der Waals surface area (Å²) in [6.45, 7) is -0.0684. The Morgan fingerprint density at radius 1 is 1.02 bits per heavy atom. The van der Waals surface area contributed by atoms with Gasteiger partial charge in [-0.05, 0) is 48.2 Å². The number of halogens is 3. The van der Waals surface area contributed by atoms with Crippen molar-refractivity contribution in [1.29, 1.82) is 5.26 Å². The van der Waals surface area contributed by atoms with Crippen LogP contribution in [0.15, 0.2) is 54.6 Å². The highest BCUT2D eigenvalue weighted by atomic mass is 32.1. The molecular weight excluding hydrogens is 593 g/mol. The molecule has 1 heterocycles. The second-order valence-corrected chi connectivity index (χ2v) is 9.72. The number of nitriles is 1. The average Bonchev–Trinajstić information content (AvgIpc) is 3.36. The van der Waals surface area contributed by atoms with Crippen LogP contribution in [0.5, 0.6) is 0 Å². The molecule has 1 aromatic heterocycles. The Morgan fingerprint density at radius 3 is 2.16 bits per heavy atom. The third-order valence-corrected chi connectivity index (χ3v) is 6.97. The number of anilines is 1. The van der Waals surface area contributed by atoms with Crippen LogP contribution in [0.25, 0.3) is 0 Å². The van der Waals surface area contributed by atoms with Gasteiger partial charge in [0, 0.05) is 24.2 Å². The summed E-state index contributed by atoms with van der Waals surface area (Å²) in [5.74, 6) is -4.79. The Kier molecular flexibility index (Phi) is 12.1. The van der Waals surface area contributed by atoms with Crippen molar-refractivity contribution in [1.82, 2.24) is 0 Å². The van der Waals surface area contributed by atoms with E-state index in [1.165, 1.54) is 4.90 Å². The molecule has 15 heteroatoms. The summed E-state index contributed by atoms with van der Waals surface area (Å²) in [7, 11) is 0. The van der Waals surface area contributed by atoms with Crippen molar-refractivity contribution in [3.63, 3.8) is 0 Å². The van der Waals surface area contributed by atoms with E-state index in [0.29, 0.717) is 46.6 Å². The van der Waals surface area contributed by atoms with Crippen LogP contribution in [-0.2, 0) is 22.6 Å². The van der Waals surface area contributed by atoms with Gasteiger partial charge >= 0.3 is 18.1 Å². The van der Waals surface area contributed by atoms with Gasteiger partial charge in [-0.15, -0.1) is 11.3 Å². The van der Waals surface area contributed by atoms with Gasteiger partial charge in [-0.2, -0.15) is 18.4 Å². The molecule has 226 valence electrons. The summed E-state index contributed by atoms with van der Waals surface area (Å²) in [4.78, 5) is 57.1. The van der Waals surface area contributed by atoms with Crippen molar-refractivity contribution < 1.29 is 47.4 Å². The van der Waals surface area contributed by atoms with E-state index < -0.39 is 30.6 Å². The number of thiophene rings is 1. The first-order chi connectivity index (χ1) is 20.2. The van der Waals surface area contributed by atoms with E-state index in [1.54, 1.807) is 42.5 Å². The molecule has 11 nitrogen and oxygen atoms in total. The summed E-state index contributed by atoms with van der Waals surface area (Å²) in [6.07, 6.45) is -3.15. The van der Waals surface area contributed by atoms with E-state index in [2.05, 4.69) is 0 Å². The molecule has 0 bridgehead atoms. The SMILES string of the molecule is N#Cc1c(C(N)=O)sc2c1CCCC2=O.NCc1cccc(C(=O)N(CC(=O)O)c2ccccc2)c1.O=C(O)C(F)(F)F.